The summed E-state index contributed by atoms with van der Waals surface area (Å²) in [5.74, 6) is 0.341. The molecule has 19 heavy (non-hydrogen) atoms. The van der Waals surface area contributed by atoms with Gasteiger partial charge in [0.2, 0.25) is 0 Å². The minimum absolute atomic E-state index is 0.0531. The highest BCUT2D eigenvalue weighted by Crippen LogP contribution is 2.28. The Morgan fingerprint density at radius 2 is 2.05 bits per heavy atom. The molecule has 5 heteroatoms. The van der Waals surface area contributed by atoms with Crippen molar-refractivity contribution in [3.05, 3.63) is 32.7 Å². The van der Waals surface area contributed by atoms with E-state index in [1.165, 1.54) is 12.8 Å². The largest absolute Gasteiger partial charge is 0.352 e. The number of carbonyl (C=O) groups is 1. The molecule has 0 radical (unpaired) electrons. The molecule has 1 aliphatic rings. The van der Waals surface area contributed by atoms with Crippen molar-refractivity contribution in [1.82, 2.24) is 5.32 Å². The Kier molecular flexibility index (Phi) is 5.72. The van der Waals surface area contributed by atoms with Crippen molar-refractivity contribution in [2.75, 3.05) is 6.54 Å². The molecule has 0 bridgehead atoms. The summed E-state index contributed by atoms with van der Waals surface area (Å²) in [5.41, 5.74) is 0.649. The lowest BCUT2D eigenvalue weighted by Crippen LogP contribution is -2.34. The van der Waals surface area contributed by atoms with Gasteiger partial charge in [-0.15, -0.1) is 11.6 Å². The zero-order chi connectivity index (χ0) is 13.8. The van der Waals surface area contributed by atoms with Crippen LogP contribution in [-0.2, 0) is 0 Å². The standard InChI is InChI=1S/C14H16Br2ClNO/c15-10-5-6-12(16)11(7-10)14(19)18-8-9-3-1-2-4-13(9)17/h5-7,9,13H,1-4,8H2,(H,18,19). The number of carbonyl (C=O) groups excluding carboxylic acids is 1. The van der Waals surface area contributed by atoms with Crippen LogP contribution < -0.4 is 5.32 Å². The molecule has 0 aliphatic heterocycles. The van der Waals surface area contributed by atoms with Gasteiger partial charge in [0.25, 0.3) is 5.91 Å². The first-order chi connectivity index (χ1) is 9.08. The SMILES string of the molecule is O=C(NCC1CCCCC1Cl)c1cc(Br)ccc1Br. The molecule has 0 heterocycles. The molecule has 2 nitrogen and oxygen atoms in total. The second kappa shape index (κ2) is 7.09. The maximum atomic E-state index is 12.2. The number of nitrogens with one attached hydrogen (secondary N) is 1. The van der Waals surface area contributed by atoms with Gasteiger partial charge in [0.1, 0.15) is 0 Å². The number of alkyl halides is 1. The van der Waals surface area contributed by atoms with E-state index in [0.717, 1.165) is 21.8 Å². The van der Waals surface area contributed by atoms with Crippen LogP contribution in [0.15, 0.2) is 27.1 Å². The van der Waals surface area contributed by atoms with Crippen LogP contribution in [0.3, 0.4) is 0 Å². The number of hydrogen-bond donors (Lipinski definition) is 1. The summed E-state index contributed by atoms with van der Waals surface area (Å²) in [7, 11) is 0. The van der Waals surface area contributed by atoms with E-state index in [9.17, 15) is 4.79 Å². The van der Waals surface area contributed by atoms with E-state index in [0.29, 0.717) is 18.0 Å². The van der Waals surface area contributed by atoms with Crippen molar-refractivity contribution in [1.29, 1.82) is 0 Å². The Labute approximate surface area is 135 Å². The summed E-state index contributed by atoms with van der Waals surface area (Å²) in [5, 5.41) is 3.19. The third kappa shape index (κ3) is 4.20. The summed E-state index contributed by atoms with van der Waals surface area (Å²) in [4.78, 5) is 12.2. The Morgan fingerprint density at radius 1 is 1.32 bits per heavy atom. The van der Waals surface area contributed by atoms with Crippen molar-refractivity contribution in [3.63, 3.8) is 0 Å². The maximum absolute atomic E-state index is 12.2. The van der Waals surface area contributed by atoms with Crippen LogP contribution in [0.4, 0.5) is 0 Å². The molecular weight excluding hydrogens is 393 g/mol. The van der Waals surface area contributed by atoms with Gasteiger partial charge < -0.3 is 5.32 Å². The van der Waals surface area contributed by atoms with Crippen LogP contribution in [0.1, 0.15) is 36.0 Å². The number of rotatable bonds is 3. The quantitative estimate of drug-likeness (QED) is 0.718. The highest BCUT2D eigenvalue weighted by molar-refractivity contribution is 9.11. The first-order valence-corrected chi connectivity index (χ1v) is 8.47. The predicted octanol–water partition coefficient (Wildman–Crippen LogP) is 4.74. The van der Waals surface area contributed by atoms with Crippen molar-refractivity contribution in [2.45, 2.75) is 31.1 Å². The van der Waals surface area contributed by atoms with E-state index >= 15 is 0 Å². The molecule has 1 aliphatic carbocycles. The molecule has 1 N–H and O–H groups in total. The zero-order valence-corrected chi connectivity index (χ0v) is 14.4. The summed E-state index contributed by atoms with van der Waals surface area (Å²) in [6.45, 7) is 0.659. The van der Waals surface area contributed by atoms with Crippen molar-refractivity contribution < 1.29 is 4.79 Å². The minimum atomic E-state index is -0.0531. The molecule has 2 rings (SSSR count). The van der Waals surface area contributed by atoms with Gasteiger partial charge in [-0.3, -0.25) is 4.79 Å². The van der Waals surface area contributed by atoms with Gasteiger partial charge in [0.05, 0.1) is 5.56 Å². The third-order valence-electron chi connectivity index (χ3n) is 3.51. The van der Waals surface area contributed by atoms with Gasteiger partial charge in [0, 0.05) is 20.9 Å². The predicted molar refractivity (Wildman–Crippen MR) is 85.8 cm³/mol. The molecule has 1 aromatic carbocycles. The molecule has 1 fully saturated rings. The summed E-state index contributed by atoms with van der Waals surface area (Å²) in [6, 6.07) is 5.58. The third-order valence-corrected chi connectivity index (χ3v) is 5.27. The van der Waals surface area contributed by atoms with Gasteiger partial charge in [-0.25, -0.2) is 0 Å². The van der Waals surface area contributed by atoms with Crippen LogP contribution in [0, 0.1) is 5.92 Å². The topological polar surface area (TPSA) is 29.1 Å². The van der Waals surface area contributed by atoms with Crippen LogP contribution in [-0.4, -0.2) is 17.8 Å². The smallest absolute Gasteiger partial charge is 0.252 e. The normalized spacial score (nSPS) is 23.1. The summed E-state index contributed by atoms with van der Waals surface area (Å²) >= 11 is 13.1. The van der Waals surface area contributed by atoms with Crippen molar-refractivity contribution >= 4 is 49.4 Å². The second-order valence-electron chi connectivity index (χ2n) is 4.89. The lowest BCUT2D eigenvalue weighted by atomic mass is 9.88. The van der Waals surface area contributed by atoms with Gasteiger partial charge in [-0.2, -0.15) is 0 Å². The minimum Gasteiger partial charge on any atom is -0.352 e. The van der Waals surface area contributed by atoms with E-state index in [2.05, 4.69) is 37.2 Å². The van der Waals surface area contributed by atoms with E-state index in [1.807, 2.05) is 18.2 Å². The number of benzene rings is 1. The van der Waals surface area contributed by atoms with Gasteiger partial charge in [0.15, 0.2) is 0 Å². The van der Waals surface area contributed by atoms with Crippen molar-refractivity contribution in [2.24, 2.45) is 5.92 Å². The van der Waals surface area contributed by atoms with E-state index in [-0.39, 0.29) is 11.3 Å². The fourth-order valence-electron chi connectivity index (χ4n) is 2.38. The molecule has 1 amide bonds. The first-order valence-electron chi connectivity index (χ1n) is 6.45. The lowest BCUT2D eigenvalue weighted by molar-refractivity contribution is 0.0943. The molecule has 2 atom stereocenters. The lowest BCUT2D eigenvalue weighted by Gasteiger charge is -2.27. The summed E-state index contributed by atoms with van der Waals surface area (Å²) in [6.07, 6.45) is 4.58. The first kappa shape index (κ1) is 15.3. The number of halogens is 3. The fourth-order valence-corrected chi connectivity index (χ4v) is 3.54. The van der Waals surface area contributed by atoms with Crippen molar-refractivity contribution in [3.8, 4) is 0 Å². The number of amides is 1. The summed E-state index contributed by atoms with van der Waals surface area (Å²) < 4.78 is 1.70. The van der Waals surface area contributed by atoms with Crippen LogP contribution >= 0.6 is 43.5 Å². The fraction of sp³-hybridized carbons (Fsp3) is 0.500. The Hall–Kier alpha value is -0.0600. The molecule has 1 saturated carbocycles. The molecular formula is C14H16Br2ClNO. The van der Waals surface area contributed by atoms with Gasteiger partial charge >= 0.3 is 0 Å². The molecule has 1 aromatic rings. The van der Waals surface area contributed by atoms with E-state index in [4.69, 9.17) is 11.6 Å². The molecule has 0 spiro atoms. The highest BCUT2D eigenvalue weighted by atomic mass is 79.9. The Bertz CT molecular complexity index is 467. The van der Waals surface area contributed by atoms with Gasteiger partial charge in [-0.05, 0) is 52.9 Å². The second-order valence-corrected chi connectivity index (χ2v) is 7.23. The zero-order valence-electron chi connectivity index (χ0n) is 10.5. The Morgan fingerprint density at radius 3 is 2.79 bits per heavy atom. The van der Waals surface area contributed by atoms with E-state index in [1.54, 1.807) is 0 Å². The number of hydrogen-bond acceptors (Lipinski definition) is 1. The molecule has 104 valence electrons. The van der Waals surface area contributed by atoms with Crippen LogP contribution in [0.2, 0.25) is 0 Å². The average Bonchev–Trinajstić information content (AvgIpc) is 2.40. The average molecular weight is 410 g/mol. The van der Waals surface area contributed by atoms with E-state index < -0.39 is 0 Å². The molecule has 0 aromatic heterocycles. The molecule has 0 saturated heterocycles. The maximum Gasteiger partial charge on any atom is 0.252 e. The highest BCUT2D eigenvalue weighted by Gasteiger charge is 2.23. The Balaban J connectivity index is 1.95. The van der Waals surface area contributed by atoms with Gasteiger partial charge in [-0.1, -0.05) is 28.8 Å². The van der Waals surface area contributed by atoms with Crippen LogP contribution in [0.5, 0.6) is 0 Å². The monoisotopic (exact) mass is 407 g/mol. The van der Waals surface area contributed by atoms with Crippen LogP contribution in [0.25, 0.3) is 0 Å². The molecule has 2 unspecified atom stereocenters.